The molecule has 21 heavy (non-hydrogen) atoms. The van der Waals surface area contributed by atoms with Crippen molar-refractivity contribution in [1.29, 1.82) is 0 Å². The summed E-state index contributed by atoms with van der Waals surface area (Å²) in [5.74, 6) is -0.0179. The molecule has 0 radical (unpaired) electrons. The second-order valence-electron chi connectivity index (χ2n) is 6.00. The summed E-state index contributed by atoms with van der Waals surface area (Å²) in [4.78, 5) is 12.0. The fourth-order valence-electron chi connectivity index (χ4n) is 3.19. The molecule has 1 aromatic carbocycles. The SMILES string of the molecule is O=C1NCCCc2ccc(C(O)CCC3CCCO3)cc21. The highest BCUT2D eigenvalue weighted by Gasteiger charge is 2.20. The van der Waals surface area contributed by atoms with Gasteiger partial charge >= 0.3 is 0 Å². The Hall–Kier alpha value is -1.39. The van der Waals surface area contributed by atoms with Crippen LogP contribution < -0.4 is 5.32 Å². The lowest BCUT2D eigenvalue weighted by atomic mass is 9.96. The van der Waals surface area contributed by atoms with Gasteiger partial charge in [-0.15, -0.1) is 0 Å². The first-order valence-electron chi connectivity index (χ1n) is 7.95. The number of ether oxygens (including phenoxy) is 1. The molecule has 0 aromatic heterocycles. The van der Waals surface area contributed by atoms with E-state index in [1.54, 1.807) is 0 Å². The molecule has 2 unspecified atom stereocenters. The van der Waals surface area contributed by atoms with Crippen LogP contribution >= 0.6 is 0 Å². The van der Waals surface area contributed by atoms with Gasteiger partial charge in [0.2, 0.25) is 0 Å². The van der Waals surface area contributed by atoms with Crippen LogP contribution in [0.5, 0.6) is 0 Å². The van der Waals surface area contributed by atoms with E-state index in [-0.39, 0.29) is 5.91 Å². The van der Waals surface area contributed by atoms with Crippen molar-refractivity contribution in [3.8, 4) is 0 Å². The highest BCUT2D eigenvalue weighted by Crippen LogP contribution is 2.26. The number of hydrogen-bond acceptors (Lipinski definition) is 3. The number of aliphatic hydroxyl groups is 1. The molecule has 2 N–H and O–H groups in total. The molecule has 114 valence electrons. The summed E-state index contributed by atoms with van der Waals surface area (Å²) in [6.07, 6.45) is 5.45. The maximum atomic E-state index is 12.0. The summed E-state index contributed by atoms with van der Waals surface area (Å²) in [5.41, 5.74) is 2.64. The first-order valence-corrected chi connectivity index (χ1v) is 7.95. The van der Waals surface area contributed by atoms with Gasteiger partial charge in [-0.3, -0.25) is 4.79 Å². The van der Waals surface area contributed by atoms with Gasteiger partial charge in [-0.1, -0.05) is 12.1 Å². The van der Waals surface area contributed by atoms with E-state index in [9.17, 15) is 9.90 Å². The number of carbonyl (C=O) groups is 1. The minimum atomic E-state index is -0.518. The van der Waals surface area contributed by atoms with Crippen LogP contribution in [0.3, 0.4) is 0 Å². The average molecular weight is 289 g/mol. The highest BCUT2D eigenvalue weighted by molar-refractivity contribution is 5.96. The topological polar surface area (TPSA) is 58.6 Å². The normalized spacial score (nSPS) is 23.3. The molecule has 1 aromatic rings. The maximum Gasteiger partial charge on any atom is 0.251 e. The van der Waals surface area contributed by atoms with Crippen LogP contribution in [0, 0.1) is 0 Å². The van der Waals surface area contributed by atoms with E-state index in [2.05, 4.69) is 5.32 Å². The molecule has 0 saturated carbocycles. The van der Waals surface area contributed by atoms with E-state index in [1.807, 2.05) is 18.2 Å². The largest absolute Gasteiger partial charge is 0.388 e. The fourth-order valence-corrected chi connectivity index (χ4v) is 3.19. The molecule has 4 heteroatoms. The van der Waals surface area contributed by atoms with E-state index in [0.717, 1.165) is 61.9 Å². The Morgan fingerprint density at radius 2 is 2.29 bits per heavy atom. The Labute approximate surface area is 125 Å². The van der Waals surface area contributed by atoms with E-state index in [1.165, 1.54) is 0 Å². The molecule has 0 aliphatic carbocycles. The van der Waals surface area contributed by atoms with Crippen LogP contribution in [0.15, 0.2) is 18.2 Å². The number of aliphatic hydroxyl groups excluding tert-OH is 1. The van der Waals surface area contributed by atoms with E-state index in [4.69, 9.17) is 4.74 Å². The lowest BCUT2D eigenvalue weighted by molar-refractivity contribution is 0.0811. The van der Waals surface area contributed by atoms with E-state index < -0.39 is 6.10 Å². The predicted octanol–water partition coefficient (Wildman–Crippen LogP) is 2.36. The number of hydrogen-bond donors (Lipinski definition) is 2. The Bertz CT molecular complexity index is 509. The molecule has 2 aliphatic heterocycles. The predicted molar refractivity (Wildman–Crippen MR) is 80.3 cm³/mol. The van der Waals surface area contributed by atoms with Crippen LogP contribution in [0.4, 0.5) is 0 Å². The van der Waals surface area contributed by atoms with Crippen LogP contribution in [0.1, 0.15) is 59.7 Å². The Kier molecular flexibility index (Phi) is 4.56. The smallest absolute Gasteiger partial charge is 0.251 e. The van der Waals surface area contributed by atoms with Gasteiger partial charge in [-0.05, 0) is 55.7 Å². The number of amides is 1. The Balaban J connectivity index is 1.68. The first-order chi connectivity index (χ1) is 10.2. The minimum absolute atomic E-state index is 0.0179. The van der Waals surface area contributed by atoms with Crippen molar-refractivity contribution in [2.24, 2.45) is 0 Å². The molecule has 1 saturated heterocycles. The second-order valence-corrected chi connectivity index (χ2v) is 6.00. The van der Waals surface area contributed by atoms with Gasteiger partial charge in [0.15, 0.2) is 0 Å². The molecule has 0 bridgehead atoms. The number of aryl methyl sites for hydroxylation is 1. The molecule has 4 nitrogen and oxygen atoms in total. The van der Waals surface area contributed by atoms with Crippen molar-refractivity contribution >= 4 is 5.91 Å². The maximum absolute atomic E-state index is 12.0. The molecule has 2 atom stereocenters. The van der Waals surface area contributed by atoms with Crippen LogP contribution in [-0.2, 0) is 11.2 Å². The summed E-state index contributed by atoms with van der Waals surface area (Å²) < 4.78 is 5.59. The van der Waals surface area contributed by atoms with Crippen molar-refractivity contribution in [3.63, 3.8) is 0 Å². The third kappa shape index (κ3) is 3.44. The summed E-state index contributed by atoms with van der Waals surface area (Å²) >= 11 is 0. The molecular weight excluding hydrogens is 266 g/mol. The molecular formula is C17H23NO3. The van der Waals surface area contributed by atoms with Gasteiger partial charge in [-0.25, -0.2) is 0 Å². The van der Waals surface area contributed by atoms with Gasteiger partial charge in [0, 0.05) is 18.7 Å². The van der Waals surface area contributed by atoms with E-state index in [0.29, 0.717) is 12.5 Å². The monoisotopic (exact) mass is 289 g/mol. The van der Waals surface area contributed by atoms with Crippen LogP contribution in [0.25, 0.3) is 0 Å². The van der Waals surface area contributed by atoms with Crippen LogP contribution in [0.2, 0.25) is 0 Å². The summed E-state index contributed by atoms with van der Waals surface area (Å²) in [6.45, 7) is 1.57. The van der Waals surface area contributed by atoms with E-state index >= 15 is 0 Å². The van der Waals surface area contributed by atoms with Gasteiger partial charge < -0.3 is 15.2 Å². The minimum Gasteiger partial charge on any atom is -0.388 e. The third-order valence-corrected chi connectivity index (χ3v) is 4.46. The number of nitrogens with one attached hydrogen (secondary N) is 1. The number of carbonyl (C=O) groups excluding carboxylic acids is 1. The first kappa shape index (κ1) is 14.5. The van der Waals surface area contributed by atoms with Gasteiger partial charge in [0.25, 0.3) is 5.91 Å². The van der Waals surface area contributed by atoms with Crippen molar-refractivity contribution in [3.05, 3.63) is 34.9 Å². The fraction of sp³-hybridized carbons (Fsp3) is 0.588. The zero-order valence-corrected chi connectivity index (χ0v) is 12.3. The van der Waals surface area contributed by atoms with Gasteiger partial charge in [-0.2, -0.15) is 0 Å². The lowest BCUT2D eigenvalue weighted by Crippen LogP contribution is -2.22. The molecule has 2 aliphatic rings. The highest BCUT2D eigenvalue weighted by atomic mass is 16.5. The standard InChI is InChI=1S/C17H23NO3/c19-16(8-7-14-4-2-10-21-14)13-6-5-12-3-1-9-18-17(20)15(12)11-13/h5-6,11,14,16,19H,1-4,7-10H2,(H,18,20). The molecule has 0 spiro atoms. The number of rotatable bonds is 4. The molecule has 1 fully saturated rings. The Morgan fingerprint density at radius 1 is 1.38 bits per heavy atom. The van der Waals surface area contributed by atoms with Gasteiger partial charge in [0.1, 0.15) is 0 Å². The lowest BCUT2D eigenvalue weighted by Gasteiger charge is -2.16. The number of benzene rings is 1. The average Bonchev–Trinajstić information content (AvgIpc) is 2.95. The Morgan fingerprint density at radius 3 is 3.10 bits per heavy atom. The molecule has 1 amide bonds. The zero-order valence-electron chi connectivity index (χ0n) is 12.3. The molecule has 2 heterocycles. The molecule has 3 rings (SSSR count). The van der Waals surface area contributed by atoms with Crippen molar-refractivity contribution in [1.82, 2.24) is 5.32 Å². The summed E-state index contributed by atoms with van der Waals surface area (Å²) in [5, 5.41) is 13.3. The second kappa shape index (κ2) is 6.58. The van der Waals surface area contributed by atoms with Crippen LogP contribution in [-0.4, -0.2) is 30.3 Å². The van der Waals surface area contributed by atoms with Crippen molar-refractivity contribution in [2.75, 3.05) is 13.2 Å². The third-order valence-electron chi connectivity index (χ3n) is 4.46. The summed E-state index contributed by atoms with van der Waals surface area (Å²) in [7, 11) is 0. The summed E-state index contributed by atoms with van der Waals surface area (Å²) in [6, 6.07) is 5.80. The number of fused-ring (bicyclic) bond motifs is 1. The van der Waals surface area contributed by atoms with Crippen molar-refractivity contribution < 1.29 is 14.6 Å². The quantitative estimate of drug-likeness (QED) is 0.894. The van der Waals surface area contributed by atoms with Gasteiger partial charge in [0.05, 0.1) is 12.2 Å². The van der Waals surface area contributed by atoms with Crippen molar-refractivity contribution in [2.45, 2.75) is 50.7 Å². The zero-order chi connectivity index (χ0) is 14.7.